The summed E-state index contributed by atoms with van der Waals surface area (Å²) < 4.78 is 20.0. The van der Waals surface area contributed by atoms with E-state index in [4.69, 9.17) is 4.74 Å². The zero-order valence-corrected chi connectivity index (χ0v) is 18.2. The van der Waals surface area contributed by atoms with Crippen molar-refractivity contribution in [1.29, 1.82) is 0 Å². The predicted molar refractivity (Wildman–Crippen MR) is 120 cm³/mol. The van der Waals surface area contributed by atoms with Gasteiger partial charge in [-0.1, -0.05) is 12.1 Å². The Labute approximate surface area is 189 Å². The quantitative estimate of drug-likeness (QED) is 0.332. The third-order valence-electron chi connectivity index (χ3n) is 5.36. The average Bonchev–Trinajstić information content (AvgIpc) is 3.29. The lowest BCUT2D eigenvalue weighted by atomic mass is 10.0. The van der Waals surface area contributed by atoms with Crippen LogP contribution in [0.25, 0.3) is 22.0 Å². The number of ether oxygens (including phenoxy) is 1. The first-order chi connectivity index (χ1) is 15.9. The second-order valence-corrected chi connectivity index (χ2v) is 7.55. The van der Waals surface area contributed by atoms with E-state index in [2.05, 4.69) is 10.2 Å². The number of carbonyl (C=O) groups excluding carboxylic acids is 1. The maximum absolute atomic E-state index is 13.7. The molecule has 8 nitrogen and oxygen atoms in total. The first kappa shape index (κ1) is 22.2. The molecule has 4 rings (SSSR count). The number of carbonyl (C=O) groups is 1. The molecule has 0 saturated heterocycles. The van der Waals surface area contributed by atoms with E-state index in [9.17, 15) is 19.5 Å². The van der Waals surface area contributed by atoms with E-state index in [1.165, 1.54) is 23.2 Å². The van der Waals surface area contributed by atoms with E-state index >= 15 is 0 Å². The van der Waals surface area contributed by atoms with Gasteiger partial charge in [-0.2, -0.15) is 9.83 Å². The minimum atomic E-state index is -0.424. The molecule has 0 spiro atoms. The minimum absolute atomic E-state index is 0.129. The number of nitrogens with zero attached hydrogens (tertiary/aromatic N) is 3. The zero-order valence-electron chi connectivity index (χ0n) is 18.2. The Bertz CT molecular complexity index is 1320. The number of aliphatic hydroxyl groups excluding tert-OH is 1. The monoisotopic (exact) mass is 450 g/mol. The van der Waals surface area contributed by atoms with Crippen LogP contribution in [0.5, 0.6) is 5.75 Å². The Morgan fingerprint density at radius 2 is 2.12 bits per heavy atom. The minimum Gasteiger partial charge on any atom is -0.618 e. The molecule has 2 aromatic carbocycles. The number of aromatic nitrogens is 3. The number of fused-ring (bicyclic) bond motifs is 1. The number of H-pyrrole nitrogens is 1. The SMILES string of the molecule is CCOc1cc(C(=O)N(C)Cc2c[n+]([O-])c(CO)c3c[nH]nc23)ccc1-c1cccc(F)c1. The Morgan fingerprint density at radius 1 is 1.30 bits per heavy atom. The molecule has 33 heavy (non-hydrogen) atoms. The summed E-state index contributed by atoms with van der Waals surface area (Å²) in [4.78, 5) is 14.6. The van der Waals surface area contributed by atoms with Crippen LogP contribution in [0.4, 0.5) is 4.39 Å². The smallest absolute Gasteiger partial charge is 0.254 e. The van der Waals surface area contributed by atoms with E-state index in [1.807, 2.05) is 6.92 Å². The Hall–Kier alpha value is -3.98. The molecule has 1 amide bonds. The van der Waals surface area contributed by atoms with Gasteiger partial charge in [-0.15, -0.1) is 0 Å². The summed E-state index contributed by atoms with van der Waals surface area (Å²) in [5.41, 5.74) is 2.96. The lowest BCUT2D eigenvalue weighted by molar-refractivity contribution is -0.615. The van der Waals surface area contributed by atoms with Crippen molar-refractivity contribution in [3.8, 4) is 16.9 Å². The second-order valence-electron chi connectivity index (χ2n) is 7.55. The first-order valence-corrected chi connectivity index (χ1v) is 10.4. The Kier molecular flexibility index (Phi) is 6.23. The van der Waals surface area contributed by atoms with E-state index in [1.54, 1.807) is 43.6 Å². The molecule has 170 valence electrons. The van der Waals surface area contributed by atoms with Gasteiger partial charge in [0.05, 0.1) is 24.1 Å². The van der Waals surface area contributed by atoms with Crippen molar-refractivity contribution in [2.24, 2.45) is 0 Å². The maximum atomic E-state index is 13.7. The van der Waals surface area contributed by atoms with Crippen LogP contribution in [-0.4, -0.2) is 39.8 Å². The van der Waals surface area contributed by atoms with Crippen molar-refractivity contribution in [1.82, 2.24) is 15.1 Å². The summed E-state index contributed by atoms with van der Waals surface area (Å²) in [5, 5.41) is 29.1. The van der Waals surface area contributed by atoms with E-state index < -0.39 is 6.61 Å². The second kappa shape index (κ2) is 9.25. The molecular weight excluding hydrogens is 427 g/mol. The van der Waals surface area contributed by atoms with Crippen molar-refractivity contribution >= 4 is 16.8 Å². The highest BCUT2D eigenvalue weighted by Gasteiger charge is 2.21. The molecule has 9 heteroatoms. The highest BCUT2D eigenvalue weighted by molar-refractivity contribution is 5.95. The molecule has 0 radical (unpaired) electrons. The molecule has 2 heterocycles. The van der Waals surface area contributed by atoms with Crippen LogP contribution in [0.15, 0.2) is 54.9 Å². The van der Waals surface area contributed by atoms with E-state index in [0.29, 0.717) is 50.2 Å². The van der Waals surface area contributed by atoms with Crippen LogP contribution in [0.3, 0.4) is 0 Å². The fourth-order valence-corrected chi connectivity index (χ4v) is 3.80. The number of nitrogens with one attached hydrogen (secondary N) is 1. The molecule has 0 bridgehead atoms. The van der Waals surface area contributed by atoms with Gasteiger partial charge in [0.25, 0.3) is 5.91 Å². The summed E-state index contributed by atoms with van der Waals surface area (Å²) in [7, 11) is 1.62. The zero-order chi connectivity index (χ0) is 23.5. The van der Waals surface area contributed by atoms with Crippen LogP contribution in [-0.2, 0) is 13.2 Å². The molecule has 0 aliphatic carbocycles. The van der Waals surface area contributed by atoms with Crippen LogP contribution in [0.2, 0.25) is 0 Å². The number of benzene rings is 2. The highest BCUT2D eigenvalue weighted by Crippen LogP contribution is 2.32. The largest absolute Gasteiger partial charge is 0.618 e. The molecule has 0 aliphatic rings. The van der Waals surface area contributed by atoms with Crippen LogP contribution >= 0.6 is 0 Å². The van der Waals surface area contributed by atoms with Crippen LogP contribution in [0.1, 0.15) is 28.5 Å². The molecule has 2 aromatic heterocycles. The Balaban J connectivity index is 1.63. The number of hydrogen-bond acceptors (Lipinski definition) is 5. The number of aliphatic hydroxyl groups is 1. The summed E-state index contributed by atoms with van der Waals surface area (Å²) in [5.74, 6) is -0.168. The molecule has 2 N–H and O–H groups in total. The van der Waals surface area contributed by atoms with Gasteiger partial charge in [-0.3, -0.25) is 9.89 Å². The van der Waals surface area contributed by atoms with Crippen molar-refractivity contribution in [2.45, 2.75) is 20.1 Å². The third kappa shape index (κ3) is 4.35. The molecule has 0 atom stereocenters. The lowest BCUT2D eigenvalue weighted by Gasteiger charge is -2.19. The number of aromatic amines is 1. The van der Waals surface area contributed by atoms with Gasteiger partial charge in [0.1, 0.15) is 23.7 Å². The van der Waals surface area contributed by atoms with Crippen LogP contribution in [0, 0.1) is 11.0 Å². The molecule has 0 aliphatic heterocycles. The fraction of sp³-hybridized carbons (Fsp3) is 0.208. The summed E-state index contributed by atoms with van der Waals surface area (Å²) in [6.45, 7) is 1.92. The van der Waals surface area contributed by atoms with Crippen molar-refractivity contribution in [2.75, 3.05) is 13.7 Å². The van der Waals surface area contributed by atoms with E-state index in [-0.39, 0.29) is 24.0 Å². The van der Waals surface area contributed by atoms with Gasteiger partial charge >= 0.3 is 0 Å². The maximum Gasteiger partial charge on any atom is 0.254 e. The summed E-state index contributed by atoms with van der Waals surface area (Å²) >= 11 is 0. The molecule has 4 aromatic rings. The average molecular weight is 450 g/mol. The number of pyridine rings is 1. The first-order valence-electron chi connectivity index (χ1n) is 10.4. The standard InChI is InChI=1S/C24H23FN4O4/c1-3-33-22-10-16(7-8-19(22)15-5-4-6-18(25)9-15)24(31)28(2)12-17-13-29(32)21(14-30)20-11-26-27-23(17)20/h4-11,13,30H,3,12,14H2,1-2H3,(H,26,27). The normalized spacial score (nSPS) is 11.0. The molecule has 0 fully saturated rings. The van der Waals surface area contributed by atoms with Gasteiger partial charge in [0.2, 0.25) is 5.69 Å². The summed E-state index contributed by atoms with van der Waals surface area (Å²) in [6, 6.07) is 11.2. The number of amides is 1. The topological polar surface area (TPSA) is 105 Å². The molecule has 0 unspecified atom stereocenters. The fourth-order valence-electron chi connectivity index (χ4n) is 3.80. The summed E-state index contributed by atoms with van der Waals surface area (Å²) in [6.07, 6.45) is 2.86. The van der Waals surface area contributed by atoms with Gasteiger partial charge in [-0.05, 0) is 42.8 Å². The lowest BCUT2D eigenvalue weighted by Crippen LogP contribution is -2.34. The number of rotatable bonds is 7. The molecule has 0 saturated carbocycles. The van der Waals surface area contributed by atoms with Gasteiger partial charge in [0.15, 0.2) is 6.20 Å². The number of hydrogen-bond donors (Lipinski definition) is 2. The Morgan fingerprint density at radius 3 is 2.85 bits per heavy atom. The van der Waals surface area contributed by atoms with Gasteiger partial charge in [0, 0.05) is 24.4 Å². The third-order valence-corrected chi connectivity index (χ3v) is 5.36. The molecular formula is C24H23FN4O4. The van der Waals surface area contributed by atoms with E-state index in [0.717, 1.165) is 0 Å². The van der Waals surface area contributed by atoms with Crippen molar-refractivity contribution in [3.05, 3.63) is 82.7 Å². The van der Waals surface area contributed by atoms with Crippen molar-refractivity contribution in [3.63, 3.8) is 0 Å². The van der Waals surface area contributed by atoms with Gasteiger partial charge in [-0.25, -0.2) is 4.39 Å². The van der Waals surface area contributed by atoms with Gasteiger partial charge < -0.3 is 20.0 Å². The highest BCUT2D eigenvalue weighted by atomic mass is 19.1. The van der Waals surface area contributed by atoms with Crippen molar-refractivity contribution < 1.29 is 23.8 Å². The predicted octanol–water partition coefficient (Wildman–Crippen LogP) is 3.17. The van der Waals surface area contributed by atoms with Crippen LogP contribution < -0.4 is 9.47 Å². The number of halogens is 1.